The lowest BCUT2D eigenvalue weighted by molar-refractivity contribution is -0.135. The standard InChI is InChI=1S/C11H19N5O/c1-7-9(4-5-12-7)11(17)16(3)6-10-13-8(2)14-15-10/h7,9,12H,4-6H2,1-3H3,(H,13,14,15). The monoisotopic (exact) mass is 237 g/mol. The normalized spacial score (nSPS) is 23.9. The molecular formula is C11H19N5O. The predicted molar refractivity (Wildman–Crippen MR) is 63.2 cm³/mol. The quantitative estimate of drug-likeness (QED) is 0.780. The van der Waals surface area contributed by atoms with Gasteiger partial charge in [-0.3, -0.25) is 9.89 Å². The SMILES string of the molecule is Cc1nc(CN(C)C(=O)C2CCNC2C)n[nH]1. The summed E-state index contributed by atoms with van der Waals surface area (Å²) < 4.78 is 0. The first-order chi connectivity index (χ1) is 8.08. The van der Waals surface area contributed by atoms with Gasteiger partial charge in [0.2, 0.25) is 5.91 Å². The first-order valence-electron chi connectivity index (χ1n) is 5.94. The number of aromatic nitrogens is 3. The number of nitrogens with zero attached hydrogens (tertiary/aromatic N) is 3. The Morgan fingerprint density at radius 2 is 2.35 bits per heavy atom. The van der Waals surface area contributed by atoms with Crippen LogP contribution in [0.2, 0.25) is 0 Å². The summed E-state index contributed by atoms with van der Waals surface area (Å²) in [5.74, 6) is 1.69. The molecule has 2 rings (SSSR count). The molecule has 94 valence electrons. The van der Waals surface area contributed by atoms with Crippen LogP contribution >= 0.6 is 0 Å². The maximum Gasteiger partial charge on any atom is 0.227 e. The summed E-state index contributed by atoms with van der Waals surface area (Å²) in [5.41, 5.74) is 0. The van der Waals surface area contributed by atoms with Crippen molar-refractivity contribution in [3.8, 4) is 0 Å². The second-order valence-corrected chi connectivity index (χ2v) is 4.67. The Balaban J connectivity index is 1.95. The molecule has 1 fully saturated rings. The summed E-state index contributed by atoms with van der Waals surface area (Å²) in [6.45, 7) is 5.29. The highest BCUT2D eigenvalue weighted by Crippen LogP contribution is 2.18. The molecule has 2 N–H and O–H groups in total. The average Bonchev–Trinajstić information content (AvgIpc) is 2.86. The summed E-state index contributed by atoms with van der Waals surface area (Å²) in [5, 5.41) is 10.1. The van der Waals surface area contributed by atoms with Crippen LogP contribution in [0.5, 0.6) is 0 Å². The van der Waals surface area contributed by atoms with Gasteiger partial charge in [0.25, 0.3) is 0 Å². The van der Waals surface area contributed by atoms with Crippen molar-refractivity contribution in [2.45, 2.75) is 32.9 Å². The molecule has 0 aromatic carbocycles. The van der Waals surface area contributed by atoms with E-state index in [0.717, 1.165) is 18.8 Å². The van der Waals surface area contributed by atoms with E-state index in [4.69, 9.17) is 0 Å². The van der Waals surface area contributed by atoms with E-state index in [-0.39, 0.29) is 17.9 Å². The lowest BCUT2D eigenvalue weighted by atomic mass is 10.0. The van der Waals surface area contributed by atoms with Gasteiger partial charge in [-0.2, -0.15) is 5.10 Å². The van der Waals surface area contributed by atoms with Gasteiger partial charge in [-0.15, -0.1) is 0 Å². The van der Waals surface area contributed by atoms with Crippen molar-refractivity contribution < 1.29 is 4.79 Å². The third kappa shape index (κ3) is 2.63. The number of aryl methyl sites for hydroxylation is 1. The molecule has 6 heteroatoms. The largest absolute Gasteiger partial charge is 0.338 e. The third-order valence-electron chi connectivity index (χ3n) is 3.24. The first kappa shape index (κ1) is 12.0. The summed E-state index contributed by atoms with van der Waals surface area (Å²) in [6, 6.07) is 0.263. The highest BCUT2D eigenvalue weighted by atomic mass is 16.2. The van der Waals surface area contributed by atoms with Crippen LogP contribution in [0.4, 0.5) is 0 Å². The van der Waals surface area contributed by atoms with E-state index in [1.807, 2.05) is 6.92 Å². The number of nitrogens with one attached hydrogen (secondary N) is 2. The van der Waals surface area contributed by atoms with Crippen LogP contribution in [0.3, 0.4) is 0 Å². The molecule has 0 spiro atoms. The van der Waals surface area contributed by atoms with Crippen molar-refractivity contribution in [2.75, 3.05) is 13.6 Å². The molecule has 17 heavy (non-hydrogen) atoms. The Morgan fingerprint density at radius 1 is 1.59 bits per heavy atom. The van der Waals surface area contributed by atoms with Crippen LogP contribution in [0.25, 0.3) is 0 Å². The minimum absolute atomic E-state index is 0.0834. The van der Waals surface area contributed by atoms with Crippen molar-refractivity contribution >= 4 is 5.91 Å². The topological polar surface area (TPSA) is 73.9 Å². The maximum absolute atomic E-state index is 12.2. The van der Waals surface area contributed by atoms with E-state index in [0.29, 0.717) is 12.4 Å². The minimum Gasteiger partial charge on any atom is -0.338 e. The third-order valence-corrected chi connectivity index (χ3v) is 3.24. The summed E-state index contributed by atoms with van der Waals surface area (Å²) in [4.78, 5) is 18.1. The average molecular weight is 237 g/mol. The summed E-state index contributed by atoms with van der Waals surface area (Å²) in [7, 11) is 1.80. The van der Waals surface area contributed by atoms with Gasteiger partial charge >= 0.3 is 0 Å². The number of hydrogen-bond donors (Lipinski definition) is 2. The molecule has 1 aromatic heterocycles. The number of amides is 1. The predicted octanol–water partition coefficient (Wildman–Crippen LogP) is 0.0695. The van der Waals surface area contributed by atoms with Gasteiger partial charge in [0.05, 0.1) is 12.5 Å². The fraction of sp³-hybridized carbons (Fsp3) is 0.727. The van der Waals surface area contributed by atoms with Crippen molar-refractivity contribution in [1.82, 2.24) is 25.4 Å². The maximum atomic E-state index is 12.2. The van der Waals surface area contributed by atoms with Gasteiger partial charge in [0.1, 0.15) is 5.82 Å². The van der Waals surface area contributed by atoms with Gasteiger partial charge < -0.3 is 10.2 Å². The van der Waals surface area contributed by atoms with Gasteiger partial charge in [-0.25, -0.2) is 4.98 Å². The van der Waals surface area contributed by atoms with E-state index in [2.05, 4.69) is 27.4 Å². The first-order valence-corrected chi connectivity index (χ1v) is 5.94. The van der Waals surface area contributed by atoms with E-state index in [1.165, 1.54) is 0 Å². The molecule has 1 aliphatic heterocycles. The van der Waals surface area contributed by atoms with Crippen LogP contribution in [0.1, 0.15) is 25.0 Å². The number of H-pyrrole nitrogens is 1. The number of rotatable bonds is 3. The number of aromatic amines is 1. The zero-order chi connectivity index (χ0) is 12.4. The molecule has 0 radical (unpaired) electrons. The Bertz CT molecular complexity index is 402. The Labute approximate surface area is 101 Å². The second-order valence-electron chi connectivity index (χ2n) is 4.67. The zero-order valence-electron chi connectivity index (χ0n) is 10.5. The van der Waals surface area contributed by atoms with E-state index >= 15 is 0 Å². The van der Waals surface area contributed by atoms with Crippen molar-refractivity contribution in [3.05, 3.63) is 11.6 Å². The molecule has 2 unspecified atom stereocenters. The molecule has 1 amide bonds. The molecule has 6 nitrogen and oxygen atoms in total. The Hall–Kier alpha value is -1.43. The Morgan fingerprint density at radius 3 is 2.88 bits per heavy atom. The minimum atomic E-state index is 0.0834. The van der Waals surface area contributed by atoms with Crippen LogP contribution < -0.4 is 5.32 Å². The van der Waals surface area contributed by atoms with Crippen LogP contribution in [-0.4, -0.2) is 45.6 Å². The number of carbonyl (C=O) groups is 1. The second kappa shape index (κ2) is 4.83. The number of hydrogen-bond acceptors (Lipinski definition) is 4. The van der Waals surface area contributed by atoms with Crippen LogP contribution in [0.15, 0.2) is 0 Å². The lowest BCUT2D eigenvalue weighted by Crippen LogP contribution is -2.37. The van der Waals surface area contributed by atoms with E-state index < -0.39 is 0 Å². The van der Waals surface area contributed by atoms with Crippen molar-refractivity contribution in [2.24, 2.45) is 5.92 Å². The smallest absolute Gasteiger partial charge is 0.227 e. The highest BCUT2D eigenvalue weighted by Gasteiger charge is 2.31. The van der Waals surface area contributed by atoms with Gasteiger partial charge in [0.15, 0.2) is 5.82 Å². The highest BCUT2D eigenvalue weighted by molar-refractivity contribution is 5.79. The van der Waals surface area contributed by atoms with Crippen LogP contribution in [-0.2, 0) is 11.3 Å². The van der Waals surface area contributed by atoms with E-state index in [1.54, 1.807) is 11.9 Å². The van der Waals surface area contributed by atoms with Gasteiger partial charge in [-0.05, 0) is 26.8 Å². The molecule has 2 atom stereocenters. The summed E-state index contributed by atoms with van der Waals surface area (Å²) >= 11 is 0. The fourth-order valence-electron chi connectivity index (χ4n) is 2.23. The molecule has 0 bridgehead atoms. The van der Waals surface area contributed by atoms with Gasteiger partial charge in [-0.1, -0.05) is 0 Å². The molecular weight excluding hydrogens is 218 g/mol. The Kier molecular flexibility index (Phi) is 3.42. The molecule has 0 saturated carbocycles. The molecule has 1 saturated heterocycles. The zero-order valence-corrected chi connectivity index (χ0v) is 10.5. The lowest BCUT2D eigenvalue weighted by Gasteiger charge is -2.22. The number of carbonyl (C=O) groups excluding carboxylic acids is 1. The fourth-order valence-corrected chi connectivity index (χ4v) is 2.23. The molecule has 0 aliphatic carbocycles. The van der Waals surface area contributed by atoms with Crippen molar-refractivity contribution in [1.29, 1.82) is 0 Å². The van der Waals surface area contributed by atoms with Crippen molar-refractivity contribution in [3.63, 3.8) is 0 Å². The molecule has 1 aromatic rings. The van der Waals surface area contributed by atoms with E-state index in [9.17, 15) is 4.79 Å². The summed E-state index contributed by atoms with van der Waals surface area (Å²) in [6.07, 6.45) is 0.914. The molecule has 1 aliphatic rings. The van der Waals surface area contributed by atoms with Crippen LogP contribution in [0, 0.1) is 12.8 Å². The van der Waals surface area contributed by atoms with Gasteiger partial charge in [0, 0.05) is 13.1 Å². The molecule has 2 heterocycles.